The predicted octanol–water partition coefficient (Wildman–Crippen LogP) is 6.86. The van der Waals surface area contributed by atoms with Crippen LogP contribution in [0.25, 0.3) is 11.1 Å². The largest absolute Gasteiger partial charge is 0.497 e. The van der Waals surface area contributed by atoms with Crippen molar-refractivity contribution in [2.24, 2.45) is 5.41 Å². The molecule has 0 radical (unpaired) electrons. The third-order valence-corrected chi connectivity index (χ3v) is 5.14. The zero-order chi connectivity index (χ0) is 24.9. The summed E-state index contributed by atoms with van der Waals surface area (Å²) in [6, 6.07) is 12.3. The van der Waals surface area contributed by atoms with Crippen molar-refractivity contribution >= 4 is 5.97 Å². The van der Waals surface area contributed by atoms with Gasteiger partial charge in [-0.2, -0.15) is 0 Å². The number of pyridine rings is 1. The van der Waals surface area contributed by atoms with Gasteiger partial charge in [-0.25, -0.2) is 8.78 Å². The fourth-order valence-electron chi connectivity index (χ4n) is 3.60. The molecule has 5 nitrogen and oxygen atoms in total. The lowest BCUT2D eigenvalue weighted by Crippen LogP contribution is -2.13. The highest BCUT2D eigenvalue weighted by Gasteiger charge is 2.19. The molecule has 0 spiro atoms. The van der Waals surface area contributed by atoms with E-state index in [1.807, 2.05) is 6.07 Å². The fourth-order valence-corrected chi connectivity index (χ4v) is 3.60. The number of benzene rings is 2. The van der Waals surface area contributed by atoms with Crippen LogP contribution in [0.3, 0.4) is 0 Å². The van der Waals surface area contributed by atoms with Crippen LogP contribution >= 0.6 is 0 Å². The van der Waals surface area contributed by atoms with E-state index >= 15 is 0 Å². The normalized spacial score (nSPS) is 11.0. The number of carboxylic acids is 1. The Morgan fingerprint density at radius 1 is 1.00 bits per heavy atom. The Kier molecular flexibility index (Phi) is 9.34. The number of ether oxygens (including phenoxy) is 2. The smallest absolute Gasteiger partial charge is 0.303 e. The van der Waals surface area contributed by atoms with Gasteiger partial charge in [-0.15, -0.1) is 0 Å². The molecule has 3 aromatic rings. The average molecular weight is 486 g/mol. The number of carbonyl (C=O) groups is 1. The summed E-state index contributed by atoms with van der Waals surface area (Å²) in [6.07, 6.45) is 0.716. The molecular weight excluding hydrogens is 452 g/mol. The Hall–Kier alpha value is -3.48. The van der Waals surface area contributed by atoms with Crippen molar-refractivity contribution in [3.8, 4) is 22.6 Å². The second kappa shape index (κ2) is 11.8. The van der Waals surface area contributed by atoms with Crippen LogP contribution in [0.4, 0.5) is 8.78 Å². The van der Waals surface area contributed by atoms with Gasteiger partial charge in [0.1, 0.15) is 29.7 Å². The topological polar surface area (TPSA) is 68.7 Å². The number of aryl methyl sites for hydroxylation is 1. The molecule has 0 bridgehead atoms. The second-order valence-electron chi connectivity index (χ2n) is 9.36. The van der Waals surface area contributed by atoms with Gasteiger partial charge in [0, 0.05) is 29.3 Å². The summed E-state index contributed by atoms with van der Waals surface area (Å²) in [6.45, 7) is 6.32. The van der Waals surface area contributed by atoms with Crippen molar-refractivity contribution in [2.45, 2.75) is 54.1 Å². The van der Waals surface area contributed by atoms with Gasteiger partial charge in [0.2, 0.25) is 0 Å². The van der Waals surface area contributed by atoms with Crippen LogP contribution in [0.1, 0.15) is 51.6 Å². The second-order valence-corrected chi connectivity index (χ2v) is 9.36. The number of aliphatic carboxylic acids is 1. The van der Waals surface area contributed by atoms with Crippen molar-refractivity contribution in [1.29, 1.82) is 0 Å². The molecule has 0 aliphatic rings. The Morgan fingerprint density at radius 3 is 2.40 bits per heavy atom. The zero-order valence-electron chi connectivity index (χ0n) is 19.8. The SMILES string of the molecule is C.COc1ccc(F)c(-c2ccc(COc3cc(F)cc(CCC(=O)O)c3)nc2CC(C)(C)C)c1. The maximum absolute atomic E-state index is 14.7. The van der Waals surface area contributed by atoms with Gasteiger partial charge in [0.25, 0.3) is 0 Å². The van der Waals surface area contributed by atoms with Crippen molar-refractivity contribution in [3.05, 3.63) is 77.1 Å². The highest BCUT2D eigenvalue weighted by molar-refractivity contribution is 5.68. The number of hydrogen-bond acceptors (Lipinski definition) is 4. The Bertz CT molecular complexity index is 1170. The summed E-state index contributed by atoms with van der Waals surface area (Å²) in [5, 5.41) is 8.86. The van der Waals surface area contributed by atoms with Crippen LogP contribution in [0, 0.1) is 17.0 Å². The van der Waals surface area contributed by atoms with Gasteiger partial charge < -0.3 is 14.6 Å². The third-order valence-electron chi connectivity index (χ3n) is 5.14. The summed E-state index contributed by atoms with van der Waals surface area (Å²) in [4.78, 5) is 15.6. The van der Waals surface area contributed by atoms with Gasteiger partial charge in [-0.3, -0.25) is 9.78 Å². The third kappa shape index (κ3) is 8.05. The summed E-state index contributed by atoms with van der Waals surface area (Å²) in [7, 11) is 1.53. The molecule has 188 valence electrons. The molecule has 7 heteroatoms. The van der Waals surface area contributed by atoms with Crippen molar-refractivity contribution in [2.75, 3.05) is 7.11 Å². The number of hydrogen-bond donors (Lipinski definition) is 1. The molecule has 0 unspecified atom stereocenters. The first-order chi connectivity index (χ1) is 16.0. The van der Waals surface area contributed by atoms with Crippen LogP contribution in [-0.2, 0) is 24.2 Å². The van der Waals surface area contributed by atoms with Crippen molar-refractivity contribution in [1.82, 2.24) is 4.98 Å². The zero-order valence-corrected chi connectivity index (χ0v) is 19.8. The standard InChI is InChI=1S/C27H29F2NO4.CH4/c1-27(2,3)15-25-22(23-14-20(33-4)7-9-24(23)29)8-6-19(30-25)16-34-21-12-17(5-10-26(31)32)11-18(28)13-21;/h6-9,11-14H,5,10,15-16H2,1-4H3,(H,31,32);1H4. The molecule has 0 fully saturated rings. The van der Waals surface area contributed by atoms with Crippen LogP contribution in [0.15, 0.2) is 48.5 Å². The first-order valence-corrected chi connectivity index (χ1v) is 11.0. The molecule has 1 N–H and O–H groups in total. The van der Waals surface area contributed by atoms with Crippen LogP contribution in [0.5, 0.6) is 11.5 Å². The number of methoxy groups -OCH3 is 1. The van der Waals surface area contributed by atoms with Gasteiger partial charge in [0.05, 0.1) is 12.8 Å². The van der Waals surface area contributed by atoms with Gasteiger partial charge >= 0.3 is 5.97 Å². The van der Waals surface area contributed by atoms with E-state index in [0.717, 1.165) is 5.69 Å². The molecule has 2 aromatic carbocycles. The summed E-state index contributed by atoms with van der Waals surface area (Å²) in [5.74, 6) is -0.966. The van der Waals surface area contributed by atoms with Crippen LogP contribution in [0.2, 0.25) is 0 Å². The molecule has 0 aliphatic carbocycles. The maximum Gasteiger partial charge on any atom is 0.303 e. The lowest BCUT2D eigenvalue weighted by molar-refractivity contribution is -0.136. The fraction of sp³-hybridized carbons (Fsp3) is 0.357. The molecule has 0 atom stereocenters. The van der Waals surface area contributed by atoms with Crippen LogP contribution < -0.4 is 9.47 Å². The van der Waals surface area contributed by atoms with E-state index in [0.29, 0.717) is 40.3 Å². The van der Waals surface area contributed by atoms with E-state index in [4.69, 9.17) is 19.6 Å². The highest BCUT2D eigenvalue weighted by Crippen LogP contribution is 2.33. The molecule has 0 aliphatic heterocycles. The Labute approximate surface area is 205 Å². The summed E-state index contributed by atoms with van der Waals surface area (Å²) < 4.78 is 39.7. The number of aromatic nitrogens is 1. The monoisotopic (exact) mass is 485 g/mol. The van der Waals surface area contributed by atoms with Crippen molar-refractivity contribution < 1.29 is 28.2 Å². The van der Waals surface area contributed by atoms with E-state index in [1.54, 1.807) is 24.3 Å². The highest BCUT2D eigenvalue weighted by atomic mass is 19.1. The molecule has 1 aromatic heterocycles. The first kappa shape index (κ1) is 27.8. The van der Waals surface area contributed by atoms with Crippen LogP contribution in [-0.4, -0.2) is 23.2 Å². The van der Waals surface area contributed by atoms with E-state index in [9.17, 15) is 13.6 Å². The van der Waals surface area contributed by atoms with Gasteiger partial charge in [-0.1, -0.05) is 34.3 Å². The quantitative estimate of drug-likeness (QED) is 0.359. The minimum absolute atomic E-state index is 0. The molecule has 0 amide bonds. The molecule has 0 saturated carbocycles. The predicted molar refractivity (Wildman–Crippen MR) is 133 cm³/mol. The molecule has 3 rings (SSSR count). The lowest BCUT2D eigenvalue weighted by Gasteiger charge is -2.21. The van der Waals surface area contributed by atoms with E-state index in [-0.39, 0.29) is 38.1 Å². The first-order valence-electron chi connectivity index (χ1n) is 11.0. The van der Waals surface area contributed by atoms with Gasteiger partial charge in [-0.05, 0) is 60.2 Å². The number of rotatable bonds is 9. The minimum Gasteiger partial charge on any atom is -0.497 e. The number of carboxylic acid groups (broad SMARTS) is 1. The Morgan fingerprint density at radius 2 is 1.74 bits per heavy atom. The summed E-state index contributed by atoms with van der Waals surface area (Å²) >= 11 is 0. The molecule has 0 saturated heterocycles. The molecule has 35 heavy (non-hydrogen) atoms. The molecule has 1 heterocycles. The Balaban J connectivity index is 0.00000432. The maximum atomic E-state index is 14.7. The molecular formula is C28H33F2NO4. The minimum atomic E-state index is -0.949. The van der Waals surface area contributed by atoms with Crippen molar-refractivity contribution in [3.63, 3.8) is 0 Å². The van der Waals surface area contributed by atoms with E-state index in [1.165, 1.54) is 25.3 Å². The van der Waals surface area contributed by atoms with E-state index in [2.05, 4.69) is 20.8 Å². The lowest BCUT2D eigenvalue weighted by atomic mass is 9.87. The number of halogens is 2. The summed E-state index contributed by atoms with van der Waals surface area (Å²) in [5.41, 5.74) is 2.87. The number of nitrogens with zero attached hydrogens (tertiary/aromatic N) is 1. The van der Waals surface area contributed by atoms with Gasteiger partial charge in [0.15, 0.2) is 0 Å². The van der Waals surface area contributed by atoms with E-state index < -0.39 is 11.8 Å². The average Bonchev–Trinajstić information content (AvgIpc) is 2.76.